The Morgan fingerprint density at radius 3 is 2.50 bits per heavy atom. The van der Waals surface area contributed by atoms with Crippen molar-refractivity contribution in [2.75, 3.05) is 25.4 Å². The largest absolute Gasteiger partial charge is 0.478 e. The Morgan fingerprint density at radius 1 is 1.35 bits per heavy atom. The van der Waals surface area contributed by atoms with Crippen LogP contribution in [0.25, 0.3) is 0 Å². The van der Waals surface area contributed by atoms with E-state index in [0.717, 1.165) is 25.3 Å². The van der Waals surface area contributed by atoms with Crippen LogP contribution in [0.1, 0.15) is 6.42 Å². The molecule has 3 N–H and O–H groups in total. The van der Waals surface area contributed by atoms with E-state index in [1.54, 1.807) is 18.3 Å². The minimum atomic E-state index is -4.67. The van der Waals surface area contributed by atoms with Crippen molar-refractivity contribution in [3.05, 3.63) is 23.4 Å². The Labute approximate surface area is 128 Å². The number of hydrogen-bond acceptors (Lipinski definition) is 6. The van der Waals surface area contributed by atoms with Crippen LogP contribution in [0.4, 0.5) is 0 Å². The molecule has 0 fully saturated rings. The van der Waals surface area contributed by atoms with E-state index in [2.05, 4.69) is 22.9 Å². The Hall–Kier alpha value is -0.580. The van der Waals surface area contributed by atoms with Gasteiger partial charge in [0.05, 0.1) is 11.6 Å². The van der Waals surface area contributed by atoms with E-state index in [1.807, 2.05) is 0 Å². The summed E-state index contributed by atoms with van der Waals surface area (Å²) in [6, 6.07) is 3.53. The third-order valence-electron chi connectivity index (χ3n) is 1.74. The summed E-state index contributed by atoms with van der Waals surface area (Å²) in [6.45, 7) is 2.53. The molecule has 7 nitrogen and oxygen atoms in total. The highest BCUT2D eigenvalue weighted by atomic mass is 35.5. The van der Waals surface area contributed by atoms with Gasteiger partial charge in [0.1, 0.15) is 0 Å². The summed E-state index contributed by atoms with van der Waals surface area (Å²) in [5.74, 6) is 1.48. The molecule has 20 heavy (non-hydrogen) atoms. The second kappa shape index (κ2) is 11.1. The van der Waals surface area contributed by atoms with Crippen LogP contribution >= 0.6 is 24.2 Å². The summed E-state index contributed by atoms with van der Waals surface area (Å²) in [7, 11) is -4.67. The molecular formula is C10H17ClN2O5S2. The molecule has 0 bridgehead atoms. The molecule has 0 saturated carbocycles. The lowest BCUT2D eigenvalue weighted by Crippen LogP contribution is -2.19. The summed E-state index contributed by atoms with van der Waals surface area (Å²) in [6.07, 6.45) is 2.54. The van der Waals surface area contributed by atoms with Crippen molar-refractivity contribution in [1.82, 2.24) is 10.3 Å². The molecule has 0 unspecified atom stereocenters. The monoisotopic (exact) mass is 344 g/mol. The minimum absolute atomic E-state index is 0.619. The van der Waals surface area contributed by atoms with Crippen molar-refractivity contribution in [3.8, 4) is 5.88 Å². The lowest BCUT2D eigenvalue weighted by Gasteiger charge is -2.05. The molecule has 0 saturated heterocycles. The van der Waals surface area contributed by atoms with Crippen LogP contribution in [0.2, 0.25) is 5.02 Å². The lowest BCUT2D eigenvalue weighted by atomic mass is 10.4. The van der Waals surface area contributed by atoms with Gasteiger partial charge in [-0.15, -0.1) is 0 Å². The predicted molar refractivity (Wildman–Crippen MR) is 80.3 cm³/mol. The Morgan fingerprint density at radius 2 is 2.00 bits per heavy atom. The molecule has 1 aromatic heterocycles. The second-order valence-corrected chi connectivity index (χ2v) is 5.22. The van der Waals surface area contributed by atoms with Crippen molar-refractivity contribution in [2.45, 2.75) is 6.42 Å². The van der Waals surface area contributed by atoms with E-state index in [1.165, 1.54) is 0 Å². The molecule has 0 aromatic carbocycles. The van der Waals surface area contributed by atoms with Crippen molar-refractivity contribution in [3.63, 3.8) is 0 Å². The molecule has 0 amide bonds. The summed E-state index contributed by atoms with van der Waals surface area (Å²) < 4.78 is 37.0. The van der Waals surface area contributed by atoms with Gasteiger partial charge in [0.25, 0.3) is 0 Å². The summed E-state index contributed by atoms with van der Waals surface area (Å²) >= 11 is 9.79. The van der Waals surface area contributed by atoms with Crippen LogP contribution in [-0.4, -0.2) is 48.0 Å². The second-order valence-electron chi connectivity index (χ2n) is 3.44. The molecule has 0 aliphatic carbocycles. The summed E-state index contributed by atoms with van der Waals surface area (Å²) in [5, 5.41) is 3.86. The molecule has 116 valence electrons. The van der Waals surface area contributed by atoms with Crippen molar-refractivity contribution >= 4 is 34.6 Å². The molecule has 0 spiro atoms. The fourth-order valence-electron chi connectivity index (χ4n) is 1.03. The topological polar surface area (TPSA) is 109 Å². The molecule has 0 radical (unpaired) electrons. The molecule has 1 aromatic rings. The van der Waals surface area contributed by atoms with Crippen molar-refractivity contribution in [1.29, 1.82) is 0 Å². The van der Waals surface area contributed by atoms with Crippen LogP contribution in [0.5, 0.6) is 5.88 Å². The van der Waals surface area contributed by atoms with E-state index < -0.39 is 10.4 Å². The third kappa shape index (κ3) is 15.5. The van der Waals surface area contributed by atoms with Crippen LogP contribution in [0.3, 0.4) is 0 Å². The summed E-state index contributed by atoms with van der Waals surface area (Å²) in [4.78, 5) is 4.03. The maximum absolute atomic E-state index is 8.74. The van der Waals surface area contributed by atoms with Crippen LogP contribution < -0.4 is 10.1 Å². The first kappa shape index (κ1) is 19.4. The predicted octanol–water partition coefficient (Wildman–Crippen LogP) is 1.37. The molecule has 1 heterocycles. The van der Waals surface area contributed by atoms with Gasteiger partial charge in [-0.1, -0.05) is 11.6 Å². The maximum atomic E-state index is 8.74. The van der Waals surface area contributed by atoms with Gasteiger partial charge in [0.15, 0.2) is 0 Å². The fourth-order valence-corrected chi connectivity index (χ4v) is 1.30. The first-order chi connectivity index (χ1) is 9.33. The average Bonchev–Trinajstić information content (AvgIpc) is 2.34. The van der Waals surface area contributed by atoms with Crippen LogP contribution in [0, 0.1) is 0 Å². The van der Waals surface area contributed by atoms with Gasteiger partial charge in [-0.05, 0) is 19.0 Å². The highest BCUT2D eigenvalue weighted by molar-refractivity contribution is 7.80. The van der Waals surface area contributed by atoms with E-state index in [9.17, 15) is 0 Å². The molecule has 1 rings (SSSR count). The number of halogens is 1. The number of ether oxygens (including phenoxy) is 1. The average molecular weight is 345 g/mol. The van der Waals surface area contributed by atoms with Gasteiger partial charge in [-0.25, -0.2) is 4.98 Å². The zero-order chi connectivity index (χ0) is 15.4. The van der Waals surface area contributed by atoms with E-state index >= 15 is 0 Å². The number of hydrogen-bond donors (Lipinski definition) is 4. The molecule has 10 heteroatoms. The first-order valence-electron chi connectivity index (χ1n) is 5.58. The van der Waals surface area contributed by atoms with E-state index in [4.69, 9.17) is 33.9 Å². The number of rotatable bonds is 7. The number of nitrogens with one attached hydrogen (secondary N) is 1. The zero-order valence-corrected chi connectivity index (χ0v) is 13.0. The number of pyridine rings is 1. The minimum Gasteiger partial charge on any atom is -0.478 e. The Bertz CT molecular complexity index is 447. The van der Waals surface area contributed by atoms with Crippen molar-refractivity contribution in [2.24, 2.45) is 0 Å². The quantitative estimate of drug-likeness (QED) is 0.336. The summed E-state index contributed by atoms with van der Waals surface area (Å²) in [5.41, 5.74) is 0. The molecule has 0 atom stereocenters. The highest BCUT2D eigenvalue weighted by Crippen LogP contribution is 2.11. The fraction of sp³-hybridized carbons (Fsp3) is 0.500. The third-order valence-corrected chi connectivity index (χ3v) is 2.18. The Balaban J connectivity index is 0.000000621. The number of thiol groups is 1. The highest BCUT2D eigenvalue weighted by Gasteiger charge is 1.94. The van der Waals surface area contributed by atoms with Gasteiger partial charge in [-0.2, -0.15) is 21.0 Å². The van der Waals surface area contributed by atoms with Gasteiger partial charge >= 0.3 is 10.4 Å². The lowest BCUT2D eigenvalue weighted by molar-refractivity contribution is 0.297. The van der Waals surface area contributed by atoms with Crippen LogP contribution in [-0.2, 0) is 10.4 Å². The normalized spacial score (nSPS) is 10.6. The standard InChI is InChI=1S/C10H15ClN2OS.H2O4S/c11-9-2-3-10(13-8-9)14-6-1-4-12-5-7-15;1-5(2,3)4/h2-3,8,12,15H,1,4-7H2;(H2,1,2,3,4). The van der Waals surface area contributed by atoms with E-state index in [-0.39, 0.29) is 0 Å². The van der Waals surface area contributed by atoms with Gasteiger partial charge < -0.3 is 10.1 Å². The number of aromatic nitrogens is 1. The molecular weight excluding hydrogens is 328 g/mol. The van der Waals surface area contributed by atoms with Gasteiger partial charge in [-0.3, -0.25) is 9.11 Å². The van der Waals surface area contributed by atoms with Crippen LogP contribution in [0.15, 0.2) is 18.3 Å². The molecule has 0 aliphatic heterocycles. The SMILES string of the molecule is O=S(=O)(O)O.SCCNCCCOc1ccc(Cl)cn1. The number of nitrogens with zero attached hydrogens (tertiary/aromatic N) is 1. The zero-order valence-electron chi connectivity index (χ0n) is 10.6. The smallest absolute Gasteiger partial charge is 0.394 e. The Kier molecular flexibility index (Phi) is 10.8. The maximum Gasteiger partial charge on any atom is 0.394 e. The first-order valence-corrected chi connectivity index (χ1v) is 7.99. The van der Waals surface area contributed by atoms with E-state index in [0.29, 0.717) is 17.5 Å². The van der Waals surface area contributed by atoms with Gasteiger partial charge in [0, 0.05) is 24.6 Å². The van der Waals surface area contributed by atoms with Gasteiger partial charge in [0.2, 0.25) is 5.88 Å². The molecule has 0 aliphatic rings. The van der Waals surface area contributed by atoms with Crippen molar-refractivity contribution < 1.29 is 22.3 Å².